The molecule has 0 spiro atoms. The van der Waals surface area contributed by atoms with Crippen molar-refractivity contribution in [3.63, 3.8) is 0 Å². The van der Waals surface area contributed by atoms with Crippen LogP contribution in [0.25, 0.3) is 106 Å². The van der Waals surface area contributed by atoms with Gasteiger partial charge in [0.25, 0.3) is 6.71 Å². The lowest BCUT2D eigenvalue weighted by atomic mass is 9.33. The lowest BCUT2D eigenvalue weighted by molar-refractivity contribution is 0.569. The Hall–Kier alpha value is -11.7. The predicted octanol–water partition coefficient (Wildman–Crippen LogP) is 25.2. The Morgan fingerprint density at radius 3 is 1.05 bits per heavy atom. The summed E-state index contributed by atoms with van der Waals surface area (Å²) in [6.07, 6.45) is 0. The Morgan fingerprint density at radius 1 is 0.287 bits per heavy atom. The van der Waals surface area contributed by atoms with Crippen LogP contribution in [-0.4, -0.2) is 26.2 Å². The highest BCUT2D eigenvalue weighted by Crippen LogP contribution is 2.56. The van der Waals surface area contributed by atoms with Crippen LogP contribution in [0.2, 0.25) is 0 Å². The van der Waals surface area contributed by atoms with Crippen LogP contribution in [0.15, 0.2) is 291 Å². The molecular formula is C101H93BN6. The lowest BCUT2D eigenvalue weighted by Gasteiger charge is -2.46. The van der Waals surface area contributed by atoms with E-state index in [9.17, 15) is 8.22 Å². The van der Waals surface area contributed by atoms with Gasteiger partial charge in [0.2, 0.25) is 0 Å². The van der Waals surface area contributed by atoms with Crippen molar-refractivity contribution in [1.29, 1.82) is 0 Å². The third-order valence-corrected chi connectivity index (χ3v) is 21.8. The number of benzene rings is 13. The van der Waals surface area contributed by atoms with Crippen LogP contribution >= 0.6 is 0 Å². The molecule has 0 atom stereocenters. The van der Waals surface area contributed by atoms with Crippen LogP contribution in [0.1, 0.15) is 143 Å². The molecule has 17 rings (SSSR count). The molecule has 6 nitrogen and oxygen atoms in total. The van der Waals surface area contributed by atoms with E-state index in [1.807, 2.05) is 42.5 Å². The molecule has 0 aliphatic carbocycles. The second-order valence-corrected chi connectivity index (χ2v) is 34.4. The van der Waals surface area contributed by atoms with Gasteiger partial charge >= 0.3 is 0 Å². The van der Waals surface area contributed by atoms with Crippen molar-refractivity contribution >= 4 is 79.0 Å². The maximum Gasteiger partial charge on any atom is 0.252 e. The number of fused-ring (bicyclic) bond motifs is 7. The molecule has 15 aromatic rings. The van der Waals surface area contributed by atoms with E-state index >= 15 is 0 Å². The lowest BCUT2D eigenvalue weighted by Crippen LogP contribution is -2.61. The molecule has 2 aromatic heterocycles. The summed E-state index contributed by atoms with van der Waals surface area (Å²) >= 11 is 0. The summed E-state index contributed by atoms with van der Waals surface area (Å²) in [6, 6.07) is 83.4. The van der Waals surface area contributed by atoms with Gasteiger partial charge in [-0.2, -0.15) is 0 Å². The first kappa shape index (κ1) is 60.5. The molecule has 530 valence electrons. The zero-order valence-electron chi connectivity index (χ0n) is 72.4. The summed E-state index contributed by atoms with van der Waals surface area (Å²) in [6.45, 7) is 33.6. The monoisotopic (exact) mass is 1410 g/mol. The molecule has 0 saturated carbocycles. The number of nitrogens with zero attached hydrogens (tertiary/aromatic N) is 6. The molecule has 0 N–H and O–H groups in total. The zero-order chi connectivity index (χ0) is 81.9. The van der Waals surface area contributed by atoms with Gasteiger partial charge in [-0.15, -0.1) is 0 Å². The molecule has 0 radical (unpaired) electrons. The fourth-order valence-corrected chi connectivity index (χ4v) is 15.8. The van der Waals surface area contributed by atoms with Crippen LogP contribution < -0.4 is 26.2 Å². The molecular weight excluding hydrogens is 1310 g/mol. The first-order chi connectivity index (χ1) is 55.0. The summed E-state index contributed by atoms with van der Waals surface area (Å²) in [5, 5.41) is 0.00400. The van der Waals surface area contributed by atoms with Gasteiger partial charge in [-0.1, -0.05) is 328 Å². The van der Waals surface area contributed by atoms with Crippen LogP contribution in [0.3, 0.4) is 0 Å². The number of hydrogen-bond donors (Lipinski definition) is 0. The smallest absolute Gasteiger partial charge is 0.252 e. The average molecular weight is 1410 g/mol. The summed E-state index contributed by atoms with van der Waals surface area (Å²) in [4.78, 5) is 21.8. The Kier molecular flexibility index (Phi) is 14.6. The van der Waals surface area contributed by atoms with Gasteiger partial charge in [-0.05, 0) is 166 Å². The SMILES string of the molecule is [2H]c1c([2H])c([2H])c2c(c1[2H])c1c([2H])c([2H])c([2H])c([2H])c1n2-c1ccc2c(c1)N(c1c(-c3ccccc3)cc(C(C)(C)C)cc1-c1ccccc1)c1cc(C(C)(C)C)cc3c1B2c1ccc(-c2cc(C(C)(C)C)cc(C(C)(C)C)c2)cc1N3c1c(-c2ccccc2)cc(C(C)(C)C)cc1-c1nc(-c2ccccc2)nc(-c2ccccc2)n1. The van der Waals surface area contributed by atoms with Gasteiger partial charge in [0.05, 0.1) is 33.4 Å². The maximum atomic E-state index is 9.91. The van der Waals surface area contributed by atoms with E-state index in [1.54, 1.807) is 4.57 Å². The minimum atomic E-state index is -0.549. The highest BCUT2D eigenvalue weighted by Gasteiger charge is 2.47. The van der Waals surface area contributed by atoms with Crippen molar-refractivity contribution in [2.45, 2.75) is 131 Å². The van der Waals surface area contributed by atoms with Gasteiger partial charge in [-0.25, -0.2) is 15.0 Å². The van der Waals surface area contributed by atoms with E-state index in [4.69, 9.17) is 17.7 Å². The van der Waals surface area contributed by atoms with Crippen LogP contribution in [0.4, 0.5) is 34.1 Å². The first-order valence-corrected chi connectivity index (χ1v) is 37.7. The van der Waals surface area contributed by atoms with Crippen LogP contribution in [0, 0.1) is 0 Å². The first-order valence-electron chi connectivity index (χ1n) is 41.7. The van der Waals surface area contributed by atoms with Crippen molar-refractivity contribution < 1.29 is 11.0 Å². The van der Waals surface area contributed by atoms with Crippen LogP contribution in [0.5, 0.6) is 0 Å². The molecule has 2 aliphatic rings. The molecule has 4 heterocycles. The van der Waals surface area contributed by atoms with Crippen molar-refractivity contribution in [3.8, 4) is 84.4 Å². The summed E-state index contributed by atoms with van der Waals surface area (Å²) < 4.78 is 77.7. The fourth-order valence-electron chi connectivity index (χ4n) is 15.8. The van der Waals surface area contributed by atoms with E-state index < -0.39 is 53.8 Å². The molecule has 0 amide bonds. The molecule has 0 unspecified atom stereocenters. The fraction of sp³-hybridized carbons (Fsp3) is 0.198. The van der Waals surface area contributed by atoms with Gasteiger partial charge in [0.15, 0.2) is 17.5 Å². The normalized spacial score (nSPS) is 14.1. The van der Waals surface area contributed by atoms with Crippen molar-refractivity contribution in [3.05, 3.63) is 319 Å². The molecule has 13 aromatic carbocycles. The van der Waals surface area contributed by atoms with Gasteiger partial charge in [0, 0.05) is 72.6 Å². The minimum Gasteiger partial charge on any atom is -0.310 e. The molecule has 0 saturated heterocycles. The molecule has 0 bridgehead atoms. The van der Waals surface area contributed by atoms with Crippen LogP contribution in [-0.2, 0) is 27.1 Å². The zero-order valence-corrected chi connectivity index (χ0v) is 64.4. The Morgan fingerprint density at radius 2 is 0.630 bits per heavy atom. The summed E-state index contributed by atoms with van der Waals surface area (Å²) in [5.41, 5.74) is 22.9. The van der Waals surface area contributed by atoms with E-state index in [1.165, 1.54) is 11.1 Å². The third kappa shape index (κ3) is 12.3. The Bertz CT molecular complexity index is 6280. The minimum absolute atomic E-state index is 0.00200. The average Bonchev–Trinajstić information content (AvgIpc) is 1.07. The summed E-state index contributed by atoms with van der Waals surface area (Å²) in [5.74, 6) is 1.54. The Labute approximate surface area is 649 Å². The second kappa shape index (κ2) is 26.1. The summed E-state index contributed by atoms with van der Waals surface area (Å²) in [7, 11) is 0. The van der Waals surface area contributed by atoms with E-state index in [0.717, 1.165) is 128 Å². The van der Waals surface area contributed by atoms with E-state index in [0.29, 0.717) is 23.2 Å². The predicted molar refractivity (Wildman–Crippen MR) is 460 cm³/mol. The number of rotatable bonds is 10. The quantitative estimate of drug-likeness (QED) is 0.128. The Balaban J connectivity index is 1.10. The van der Waals surface area contributed by atoms with Gasteiger partial charge in [-0.3, -0.25) is 0 Å². The second-order valence-electron chi connectivity index (χ2n) is 34.4. The van der Waals surface area contributed by atoms with Gasteiger partial charge in [0.1, 0.15) is 0 Å². The third-order valence-electron chi connectivity index (χ3n) is 21.8. The number of aromatic nitrogens is 4. The number of para-hydroxylation sites is 2. The number of hydrogen-bond acceptors (Lipinski definition) is 5. The topological polar surface area (TPSA) is 50.1 Å². The highest BCUT2D eigenvalue weighted by molar-refractivity contribution is 7.00. The number of anilines is 6. The van der Waals surface area contributed by atoms with Crippen molar-refractivity contribution in [1.82, 2.24) is 19.5 Å². The largest absolute Gasteiger partial charge is 0.310 e. The molecule has 108 heavy (non-hydrogen) atoms. The maximum absolute atomic E-state index is 9.91. The van der Waals surface area contributed by atoms with Crippen molar-refractivity contribution in [2.24, 2.45) is 0 Å². The standard InChI is InChI=1S/C101H93BN6/c1-97(2,3)71-53-70(54-72(56-71)98(4,5)6)69-49-51-83-87(55-69)107(93-81(66-39-25-18-26-40-66)59-74(100(10,11)12)60-82(93)96-104-94(67-41-27-19-28-42-67)103-95(105-96)68-43-29-20-30-44-68)89-61-75(101(13,14)15)62-90-91(89)102(83)84-52-50-76(106-85-47-33-31-45-77(85)78-46-32-34-48-86(78)106)63-88(84)108(90)92-79(64-35-21-16-22-36-64)57-73(99(7,8)9)58-80(92)65-37-23-17-24-38-65/h16-63H,1-15H3/i31D,32D,33D,34D,45D,46D,47D,48D. The highest BCUT2D eigenvalue weighted by atomic mass is 15.2. The molecule has 2 aliphatic heterocycles. The molecule has 0 fully saturated rings. The van der Waals surface area contributed by atoms with Gasteiger partial charge < -0.3 is 14.4 Å². The van der Waals surface area contributed by atoms with E-state index in [-0.39, 0.29) is 50.1 Å². The van der Waals surface area contributed by atoms with E-state index in [2.05, 4.69) is 314 Å². The van der Waals surface area contributed by atoms with Crippen molar-refractivity contribution in [2.75, 3.05) is 9.80 Å². The molecule has 7 heteroatoms.